The first kappa shape index (κ1) is 18.0. The van der Waals surface area contributed by atoms with E-state index in [9.17, 15) is 27.7 Å². The number of nitro benzene ring substituents is 1. The molecule has 0 radical (unpaired) electrons. The number of para-hydroxylation sites is 1. The van der Waals surface area contributed by atoms with Crippen LogP contribution in [-0.4, -0.2) is 18.0 Å². The minimum atomic E-state index is -4.91. The van der Waals surface area contributed by atoms with Gasteiger partial charge < -0.3 is 9.64 Å². The molecule has 0 unspecified atom stereocenters. The van der Waals surface area contributed by atoms with Gasteiger partial charge in [0.1, 0.15) is 17.0 Å². The zero-order valence-electron chi connectivity index (χ0n) is 13.4. The molecule has 1 heterocycles. The number of hydrogen-bond donors (Lipinski definition) is 0. The summed E-state index contributed by atoms with van der Waals surface area (Å²) in [5.41, 5.74) is -2.45. The van der Waals surface area contributed by atoms with E-state index < -0.39 is 39.6 Å². The molecule has 0 amide bonds. The van der Waals surface area contributed by atoms with E-state index in [1.54, 1.807) is 0 Å². The molecular formula is C17H14F4N2O3. The van der Waals surface area contributed by atoms with E-state index in [0.717, 1.165) is 18.2 Å². The van der Waals surface area contributed by atoms with Crippen LogP contribution in [0.5, 0.6) is 11.5 Å². The van der Waals surface area contributed by atoms with Crippen LogP contribution < -0.4 is 9.64 Å². The fraction of sp³-hybridized carbons (Fsp3) is 0.294. The van der Waals surface area contributed by atoms with Crippen LogP contribution in [0.3, 0.4) is 0 Å². The summed E-state index contributed by atoms with van der Waals surface area (Å²) in [7, 11) is 0. The van der Waals surface area contributed by atoms with Crippen molar-refractivity contribution in [3.05, 3.63) is 57.9 Å². The largest absolute Gasteiger partial charge is 0.454 e. The van der Waals surface area contributed by atoms with E-state index in [2.05, 4.69) is 0 Å². The second-order valence-corrected chi connectivity index (χ2v) is 5.79. The molecule has 1 fully saturated rings. The van der Waals surface area contributed by atoms with Crippen molar-refractivity contribution >= 4 is 11.4 Å². The average molecular weight is 370 g/mol. The molecule has 3 rings (SSSR count). The fourth-order valence-electron chi connectivity index (χ4n) is 2.97. The highest BCUT2D eigenvalue weighted by atomic mass is 19.4. The lowest BCUT2D eigenvalue weighted by atomic mass is 10.1. The van der Waals surface area contributed by atoms with Gasteiger partial charge in [0, 0.05) is 19.2 Å². The number of halogens is 4. The number of alkyl halides is 3. The molecule has 0 bridgehead atoms. The maximum absolute atomic E-state index is 13.8. The Hall–Kier alpha value is -2.84. The predicted molar refractivity (Wildman–Crippen MR) is 86.0 cm³/mol. The van der Waals surface area contributed by atoms with Crippen LogP contribution in [0.25, 0.3) is 0 Å². The molecule has 0 aromatic heterocycles. The number of nitro groups is 1. The van der Waals surface area contributed by atoms with Crippen LogP contribution >= 0.6 is 0 Å². The zero-order valence-corrected chi connectivity index (χ0v) is 13.4. The van der Waals surface area contributed by atoms with E-state index in [1.165, 1.54) is 23.1 Å². The van der Waals surface area contributed by atoms with Crippen LogP contribution in [-0.2, 0) is 6.18 Å². The van der Waals surface area contributed by atoms with Gasteiger partial charge in [0.2, 0.25) is 0 Å². The van der Waals surface area contributed by atoms with Crippen LogP contribution in [0.2, 0.25) is 0 Å². The molecule has 2 aromatic carbocycles. The maximum atomic E-state index is 13.8. The highest BCUT2D eigenvalue weighted by molar-refractivity contribution is 5.73. The highest BCUT2D eigenvalue weighted by Gasteiger charge is 2.43. The third-order valence-electron chi connectivity index (χ3n) is 4.08. The second-order valence-electron chi connectivity index (χ2n) is 5.79. The summed E-state index contributed by atoms with van der Waals surface area (Å²) in [5.74, 6) is -1.89. The zero-order chi connectivity index (χ0) is 18.9. The van der Waals surface area contributed by atoms with Crippen LogP contribution in [0.15, 0.2) is 36.4 Å². The van der Waals surface area contributed by atoms with Gasteiger partial charge in [0.25, 0.3) is 5.69 Å². The Kier molecular flexibility index (Phi) is 4.71. The smallest absolute Gasteiger partial charge is 0.422 e. The number of rotatable bonds is 4. The number of hydrogen-bond acceptors (Lipinski definition) is 4. The SMILES string of the molecule is O=[N+]([O-])c1ccc(Oc2ccccc2F)c(C(F)(F)F)c1N1CCCC1. The van der Waals surface area contributed by atoms with Gasteiger partial charge in [-0.3, -0.25) is 10.1 Å². The summed E-state index contributed by atoms with van der Waals surface area (Å²) in [6, 6.07) is 6.84. The molecule has 0 N–H and O–H groups in total. The molecule has 2 aromatic rings. The summed E-state index contributed by atoms with van der Waals surface area (Å²) in [5, 5.41) is 11.3. The topological polar surface area (TPSA) is 55.6 Å². The maximum Gasteiger partial charge on any atom is 0.422 e. The molecule has 0 saturated carbocycles. The van der Waals surface area contributed by atoms with Gasteiger partial charge in [0.05, 0.1) is 4.92 Å². The Morgan fingerprint density at radius 3 is 2.27 bits per heavy atom. The van der Waals surface area contributed by atoms with Gasteiger partial charge in [-0.05, 0) is 31.0 Å². The Morgan fingerprint density at radius 1 is 1.04 bits per heavy atom. The lowest BCUT2D eigenvalue weighted by Gasteiger charge is -2.24. The lowest BCUT2D eigenvalue weighted by molar-refractivity contribution is -0.384. The molecule has 1 saturated heterocycles. The molecule has 0 spiro atoms. The van der Waals surface area contributed by atoms with Gasteiger partial charge in [-0.15, -0.1) is 0 Å². The van der Waals surface area contributed by atoms with E-state index in [1.807, 2.05) is 0 Å². The third kappa shape index (κ3) is 3.42. The summed E-state index contributed by atoms with van der Waals surface area (Å²) in [6.07, 6.45) is -3.65. The van der Waals surface area contributed by atoms with Crippen molar-refractivity contribution in [3.63, 3.8) is 0 Å². The molecule has 5 nitrogen and oxygen atoms in total. The van der Waals surface area contributed by atoms with E-state index in [0.29, 0.717) is 12.8 Å². The molecule has 138 valence electrons. The van der Waals surface area contributed by atoms with Gasteiger partial charge in [-0.25, -0.2) is 4.39 Å². The van der Waals surface area contributed by atoms with E-state index >= 15 is 0 Å². The number of benzene rings is 2. The second kappa shape index (κ2) is 6.81. The highest BCUT2D eigenvalue weighted by Crippen LogP contribution is 2.49. The molecule has 0 atom stereocenters. The summed E-state index contributed by atoms with van der Waals surface area (Å²) in [6.45, 7) is 0.542. The quantitative estimate of drug-likeness (QED) is 0.425. The Morgan fingerprint density at radius 2 is 1.69 bits per heavy atom. The Labute approximate surface area is 145 Å². The van der Waals surface area contributed by atoms with E-state index in [4.69, 9.17) is 4.74 Å². The number of anilines is 1. The van der Waals surface area contributed by atoms with Gasteiger partial charge in [0.15, 0.2) is 11.6 Å². The minimum Gasteiger partial charge on any atom is -0.454 e. The van der Waals surface area contributed by atoms with Gasteiger partial charge in [-0.2, -0.15) is 13.2 Å². The Balaban J connectivity index is 2.20. The first-order valence-corrected chi connectivity index (χ1v) is 7.85. The molecule has 1 aliphatic rings. The van der Waals surface area contributed by atoms with Crippen molar-refractivity contribution in [2.24, 2.45) is 0 Å². The minimum absolute atomic E-state index is 0.271. The lowest BCUT2D eigenvalue weighted by Crippen LogP contribution is -2.24. The standard InChI is InChI=1S/C17H14F4N2O3/c18-11-5-1-2-6-13(11)26-14-8-7-12(23(24)25)16(15(14)17(19,20)21)22-9-3-4-10-22/h1-2,5-8H,3-4,9-10H2. The molecule has 9 heteroatoms. The monoisotopic (exact) mass is 370 g/mol. The first-order valence-electron chi connectivity index (χ1n) is 7.85. The summed E-state index contributed by atoms with van der Waals surface area (Å²) >= 11 is 0. The average Bonchev–Trinajstić information content (AvgIpc) is 3.09. The number of ether oxygens (including phenoxy) is 1. The van der Waals surface area contributed by atoms with Crippen molar-refractivity contribution in [1.82, 2.24) is 0 Å². The van der Waals surface area contributed by atoms with Gasteiger partial charge >= 0.3 is 6.18 Å². The predicted octanol–water partition coefficient (Wildman–Crippen LogP) is 5.15. The first-order chi connectivity index (χ1) is 12.3. The van der Waals surface area contributed by atoms with Crippen molar-refractivity contribution in [1.29, 1.82) is 0 Å². The fourth-order valence-corrected chi connectivity index (χ4v) is 2.97. The van der Waals surface area contributed by atoms with Crippen molar-refractivity contribution in [3.8, 4) is 11.5 Å². The molecule has 0 aliphatic carbocycles. The molecule has 26 heavy (non-hydrogen) atoms. The van der Waals surface area contributed by atoms with E-state index in [-0.39, 0.29) is 18.8 Å². The van der Waals surface area contributed by atoms with Crippen LogP contribution in [0, 0.1) is 15.9 Å². The number of nitrogens with zero attached hydrogens (tertiary/aromatic N) is 2. The molecular weight excluding hydrogens is 356 g/mol. The summed E-state index contributed by atoms with van der Waals surface area (Å²) < 4.78 is 60.3. The molecule has 1 aliphatic heterocycles. The van der Waals surface area contributed by atoms with Crippen molar-refractivity contribution < 1.29 is 27.2 Å². The van der Waals surface area contributed by atoms with Crippen molar-refractivity contribution in [2.75, 3.05) is 18.0 Å². The van der Waals surface area contributed by atoms with Crippen LogP contribution in [0.1, 0.15) is 18.4 Å². The van der Waals surface area contributed by atoms with Crippen LogP contribution in [0.4, 0.5) is 28.9 Å². The van der Waals surface area contributed by atoms with Crippen molar-refractivity contribution in [2.45, 2.75) is 19.0 Å². The van der Waals surface area contributed by atoms with Gasteiger partial charge in [-0.1, -0.05) is 12.1 Å². The third-order valence-corrected chi connectivity index (χ3v) is 4.08. The Bertz CT molecular complexity index is 833. The summed E-state index contributed by atoms with van der Waals surface area (Å²) in [4.78, 5) is 11.8. The normalized spacial score (nSPS) is 14.5.